The van der Waals surface area contributed by atoms with Gasteiger partial charge >= 0.3 is 11.9 Å². The highest BCUT2D eigenvalue weighted by molar-refractivity contribution is 6.15. The predicted molar refractivity (Wildman–Crippen MR) is 96.4 cm³/mol. The third-order valence-electron chi connectivity index (χ3n) is 6.18. The van der Waals surface area contributed by atoms with Crippen molar-refractivity contribution in [2.75, 3.05) is 14.2 Å². The molecule has 0 spiro atoms. The second-order valence-electron chi connectivity index (χ2n) is 8.27. The Balaban J connectivity index is 2.24. The summed E-state index contributed by atoms with van der Waals surface area (Å²) < 4.78 is 9.91. The van der Waals surface area contributed by atoms with Crippen LogP contribution in [0.15, 0.2) is 23.8 Å². The Hall–Kier alpha value is -1.99. The number of rotatable bonds is 6. The fraction of sp³-hybridized carbons (Fsp3) is 0.650. The third kappa shape index (κ3) is 2.37. The molecule has 3 atom stereocenters. The molecule has 7 nitrogen and oxygen atoms in total. The number of unbranched alkanes of at least 4 members (excludes halogenated alkanes) is 1. The summed E-state index contributed by atoms with van der Waals surface area (Å²) in [7, 11) is 2.51. The fourth-order valence-electron chi connectivity index (χ4n) is 5.11. The van der Waals surface area contributed by atoms with Crippen LogP contribution in [0.2, 0.25) is 0 Å². The lowest BCUT2D eigenvalue weighted by atomic mass is 9.58. The summed E-state index contributed by atoms with van der Waals surface area (Å²) in [5, 5.41) is 1.57. The van der Waals surface area contributed by atoms with Crippen molar-refractivity contribution in [3.8, 4) is 0 Å². The molecule has 27 heavy (non-hydrogen) atoms. The SMILES string of the molecule is C=CCCC[C@@]1(C)C(=O)[C@H]2C(C(=O)OC)=C(C(=O)OC)[C@@]13CC(C)(C)ON23. The first kappa shape index (κ1) is 19.8. The summed E-state index contributed by atoms with van der Waals surface area (Å²) in [6.07, 6.45) is 4.27. The van der Waals surface area contributed by atoms with Crippen LogP contribution in [0.5, 0.6) is 0 Å². The quantitative estimate of drug-likeness (QED) is 0.398. The van der Waals surface area contributed by atoms with E-state index in [0.29, 0.717) is 12.8 Å². The zero-order valence-electron chi connectivity index (χ0n) is 16.6. The summed E-state index contributed by atoms with van der Waals surface area (Å²) >= 11 is 0. The largest absolute Gasteiger partial charge is 0.466 e. The lowest BCUT2D eigenvalue weighted by molar-refractivity contribution is -0.207. The Morgan fingerprint density at radius 3 is 2.44 bits per heavy atom. The molecule has 0 aromatic rings. The maximum atomic E-state index is 13.4. The molecule has 0 unspecified atom stereocenters. The monoisotopic (exact) mass is 377 g/mol. The van der Waals surface area contributed by atoms with Gasteiger partial charge in [0.1, 0.15) is 6.04 Å². The average Bonchev–Trinajstić information content (AvgIpc) is 3.10. The van der Waals surface area contributed by atoms with Crippen LogP contribution in [0, 0.1) is 5.41 Å². The van der Waals surface area contributed by atoms with Gasteiger partial charge in [0.25, 0.3) is 0 Å². The number of nitrogens with zero attached hydrogens (tertiary/aromatic N) is 1. The normalized spacial score (nSPS) is 34.0. The summed E-state index contributed by atoms with van der Waals surface area (Å²) in [5.41, 5.74) is -2.26. The molecule has 2 saturated heterocycles. The first-order chi connectivity index (χ1) is 12.6. The van der Waals surface area contributed by atoms with E-state index in [-0.39, 0.29) is 16.9 Å². The van der Waals surface area contributed by atoms with Gasteiger partial charge in [-0.3, -0.25) is 9.63 Å². The molecule has 0 aromatic heterocycles. The highest BCUT2D eigenvalue weighted by atomic mass is 16.7. The second-order valence-corrected chi connectivity index (χ2v) is 8.27. The predicted octanol–water partition coefficient (Wildman–Crippen LogP) is 2.11. The van der Waals surface area contributed by atoms with Crippen molar-refractivity contribution in [1.29, 1.82) is 0 Å². The molecule has 148 valence electrons. The van der Waals surface area contributed by atoms with E-state index >= 15 is 0 Å². The molecule has 0 amide bonds. The first-order valence-corrected chi connectivity index (χ1v) is 9.16. The average molecular weight is 377 g/mol. The molecule has 3 aliphatic rings. The Morgan fingerprint density at radius 1 is 1.26 bits per heavy atom. The molecule has 0 aliphatic carbocycles. The minimum Gasteiger partial charge on any atom is -0.466 e. The van der Waals surface area contributed by atoms with Gasteiger partial charge in [-0.2, -0.15) is 5.06 Å². The van der Waals surface area contributed by atoms with Crippen LogP contribution in [0.3, 0.4) is 0 Å². The number of ether oxygens (including phenoxy) is 2. The molecule has 7 heteroatoms. The highest BCUT2D eigenvalue weighted by Gasteiger charge is 2.79. The van der Waals surface area contributed by atoms with Gasteiger partial charge in [0.05, 0.1) is 41.9 Å². The van der Waals surface area contributed by atoms with E-state index in [9.17, 15) is 14.4 Å². The number of hydrogen-bond acceptors (Lipinski definition) is 7. The van der Waals surface area contributed by atoms with E-state index in [1.54, 1.807) is 5.06 Å². The fourth-order valence-corrected chi connectivity index (χ4v) is 5.11. The van der Waals surface area contributed by atoms with Gasteiger partial charge in [0, 0.05) is 6.42 Å². The van der Waals surface area contributed by atoms with E-state index in [4.69, 9.17) is 14.3 Å². The lowest BCUT2D eigenvalue weighted by Crippen LogP contribution is -2.54. The van der Waals surface area contributed by atoms with E-state index in [1.165, 1.54) is 14.2 Å². The number of hydrogen-bond donors (Lipinski definition) is 0. The number of Topliss-reactive ketones (excluding diaryl/α,β-unsaturated/α-hetero) is 1. The number of hydroxylamine groups is 2. The van der Waals surface area contributed by atoms with Crippen LogP contribution in [0.25, 0.3) is 0 Å². The van der Waals surface area contributed by atoms with E-state index < -0.39 is 34.5 Å². The Kier molecular flexibility index (Phi) is 4.59. The standard InChI is InChI=1S/C20H27NO6/c1-7-8-9-10-19(4)15(22)14-12(16(23)25-5)13(17(24)26-6)20(19)11-18(2,3)27-21(14)20/h7,14H,1,8-11H2,2-6H3/t14-,19+,20+/m1/s1. The van der Waals surface area contributed by atoms with E-state index in [1.807, 2.05) is 26.8 Å². The lowest BCUT2D eigenvalue weighted by Gasteiger charge is -2.42. The smallest absolute Gasteiger partial charge is 0.336 e. The van der Waals surface area contributed by atoms with Crippen molar-refractivity contribution in [3.05, 3.63) is 23.8 Å². The molecule has 3 heterocycles. The first-order valence-electron chi connectivity index (χ1n) is 9.16. The van der Waals surface area contributed by atoms with Crippen LogP contribution >= 0.6 is 0 Å². The number of carbonyl (C=O) groups is 3. The molecular weight excluding hydrogens is 350 g/mol. The molecule has 3 aliphatic heterocycles. The molecule has 2 bridgehead atoms. The zero-order chi connectivity index (χ0) is 20.2. The van der Waals surface area contributed by atoms with Gasteiger partial charge in [0.15, 0.2) is 5.78 Å². The number of esters is 2. The van der Waals surface area contributed by atoms with Gasteiger partial charge in [0.2, 0.25) is 0 Å². The van der Waals surface area contributed by atoms with Gasteiger partial charge in [-0.25, -0.2) is 9.59 Å². The maximum Gasteiger partial charge on any atom is 0.336 e. The summed E-state index contributed by atoms with van der Waals surface area (Å²) in [5.74, 6) is -1.43. The third-order valence-corrected chi connectivity index (χ3v) is 6.18. The van der Waals surface area contributed by atoms with Crippen molar-refractivity contribution in [2.45, 2.75) is 63.6 Å². The summed E-state index contributed by atoms with van der Waals surface area (Å²) in [4.78, 5) is 44.9. The van der Waals surface area contributed by atoms with Crippen LogP contribution < -0.4 is 0 Å². The molecule has 0 aromatic carbocycles. The summed E-state index contributed by atoms with van der Waals surface area (Å²) in [6.45, 7) is 9.44. The van der Waals surface area contributed by atoms with Crippen molar-refractivity contribution >= 4 is 17.7 Å². The van der Waals surface area contributed by atoms with Crippen LogP contribution in [0.4, 0.5) is 0 Å². The van der Waals surface area contributed by atoms with Crippen molar-refractivity contribution < 1.29 is 28.7 Å². The van der Waals surface area contributed by atoms with Crippen molar-refractivity contribution in [2.24, 2.45) is 5.41 Å². The molecule has 2 fully saturated rings. The Bertz CT molecular complexity index is 754. The van der Waals surface area contributed by atoms with Gasteiger partial charge < -0.3 is 9.47 Å². The molecule has 0 saturated carbocycles. The van der Waals surface area contributed by atoms with Crippen LogP contribution in [-0.2, 0) is 28.7 Å². The van der Waals surface area contributed by atoms with Gasteiger partial charge in [-0.05, 0) is 33.1 Å². The van der Waals surface area contributed by atoms with Crippen LogP contribution in [0.1, 0.15) is 46.5 Å². The molecule has 3 rings (SSSR count). The minimum atomic E-state index is -1.05. The van der Waals surface area contributed by atoms with E-state index in [2.05, 4.69) is 6.58 Å². The number of methoxy groups -OCH3 is 2. The number of ketones is 1. The number of carbonyl (C=O) groups excluding carboxylic acids is 3. The minimum absolute atomic E-state index is 0.0473. The molecule has 0 radical (unpaired) electrons. The zero-order valence-corrected chi connectivity index (χ0v) is 16.6. The molecule has 0 N–H and O–H groups in total. The number of allylic oxidation sites excluding steroid dienone is 1. The van der Waals surface area contributed by atoms with Gasteiger partial charge in [-0.1, -0.05) is 13.0 Å². The second kappa shape index (κ2) is 6.27. The Morgan fingerprint density at radius 2 is 1.89 bits per heavy atom. The van der Waals surface area contributed by atoms with Crippen LogP contribution in [-0.4, -0.2) is 54.2 Å². The maximum absolute atomic E-state index is 13.4. The van der Waals surface area contributed by atoms with Crippen molar-refractivity contribution in [1.82, 2.24) is 5.06 Å². The van der Waals surface area contributed by atoms with E-state index in [0.717, 1.165) is 12.8 Å². The summed E-state index contributed by atoms with van der Waals surface area (Å²) in [6, 6.07) is -0.956. The van der Waals surface area contributed by atoms with Crippen molar-refractivity contribution in [3.63, 3.8) is 0 Å². The topological polar surface area (TPSA) is 82.1 Å². The highest BCUT2D eigenvalue weighted by Crippen LogP contribution is 2.66. The molecular formula is C20H27NO6. The Labute approximate surface area is 159 Å². The van der Waals surface area contributed by atoms with Gasteiger partial charge in [-0.15, -0.1) is 6.58 Å².